The summed E-state index contributed by atoms with van der Waals surface area (Å²) < 4.78 is 1.29. The molecule has 6 nitrogen and oxygen atoms in total. The number of rotatable bonds is 3. The zero-order chi connectivity index (χ0) is 20.6. The van der Waals surface area contributed by atoms with Crippen LogP contribution in [0.3, 0.4) is 0 Å². The summed E-state index contributed by atoms with van der Waals surface area (Å²) in [6, 6.07) is 10.2. The molecule has 0 saturated carbocycles. The van der Waals surface area contributed by atoms with Gasteiger partial charge in [-0.25, -0.2) is 0 Å². The van der Waals surface area contributed by atoms with E-state index in [0.29, 0.717) is 19.5 Å². The van der Waals surface area contributed by atoms with Gasteiger partial charge in [-0.1, -0.05) is 65.0 Å². The molecular formula is C21H30N2O4. The highest BCUT2D eigenvalue weighted by molar-refractivity contribution is 5.96. The summed E-state index contributed by atoms with van der Waals surface area (Å²) in [4.78, 5) is 26.4. The fourth-order valence-corrected chi connectivity index (χ4v) is 2.99. The van der Waals surface area contributed by atoms with Crippen LogP contribution in [0.4, 0.5) is 0 Å². The number of hydrogen-bond acceptors (Lipinski definition) is 4. The van der Waals surface area contributed by atoms with Crippen LogP contribution in [-0.4, -0.2) is 32.1 Å². The second-order valence-corrected chi connectivity index (χ2v) is 5.67. The van der Waals surface area contributed by atoms with Gasteiger partial charge in [-0.15, -0.1) is 0 Å². The SMILES string of the molecule is CC.CC.CCC1CN(Cc2ccccc2)C(=O)c2c(O)c(O)cc(=O)n21. The summed E-state index contributed by atoms with van der Waals surface area (Å²) >= 11 is 0. The molecule has 6 heteroatoms. The van der Waals surface area contributed by atoms with Crippen LogP contribution in [0.15, 0.2) is 41.2 Å². The molecule has 1 aliphatic rings. The predicted octanol–water partition coefficient (Wildman–Crippen LogP) is 3.92. The Morgan fingerprint density at radius 2 is 1.63 bits per heavy atom. The van der Waals surface area contributed by atoms with Crippen molar-refractivity contribution in [1.82, 2.24) is 9.47 Å². The molecule has 2 N–H and O–H groups in total. The molecule has 148 valence electrons. The number of carbonyl (C=O) groups excluding carboxylic acids is 1. The molecule has 1 aliphatic heterocycles. The molecule has 0 aliphatic carbocycles. The van der Waals surface area contributed by atoms with Crippen LogP contribution in [0.2, 0.25) is 0 Å². The Bertz CT molecular complexity index is 800. The van der Waals surface area contributed by atoms with Crippen molar-refractivity contribution in [2.24, 2.45) is 0 Å². The summed E-state index contributed by atoms with van der Waals surface area (Å²) in [6.07, 6.45) is 0.635. The van der Waals surface area contributed by atoms with Crippen molar-refractivity contribution in [3.8, 4) is 11.5 Å². The first-order chi connectivity index (χ1) is 13.0. The van der Waals surface area contributed by atoms with Crippen molar-refractivity contribution in [3.63, 3.8) is 0 Å². The molecule has 1 unspecified atom stereocenters. The van der Waals surface area contributed by atoms with E-state index in [4.69, 9.17) is 0 Å². The van der Waals surface area contributed by atoms with Crippen molar-refractivity contribution in [1.29, 1.82) is 0 Å². The second-order valence-electron chi connectivity index (χ2n) is 5.67. The Balaban J connectivity index is 0.000000855. The Morgan fingerprint density at radius 1 is 1.04 bits per heavy atom. The first kappa shape index (κ1) is 22.3. The minimum Gasteiger partial charge on any atom is -0.504 e. The largest absolute Gasteiger partial charge is 0.504 e. The normalized spacial score (nSPS) is 15.1. The average molecular weight is 374 g/mol. The van der Waals surface area contributed by atoms with E-state index in [1.165, 1.54) is 4.57 Å². The predicted molar refractivity (Wildman–Crippen MR) is 107 cm³/mol. The third-order valence-corrected chi connectivity index (χ3v) is 4.18. The highest BCUT2D eigenvalue weighted by atomic mass is 16.3. The van der Waals surface area contributed by atoms with Crippen LogP contribution in [0.25, 0.3) is 0 Å². The Morgan fingerprint density at radius 3 is 2.19 bits per heavy atom. The first-order valence-corrected chi connectivity index (χ1v) is 9.53. The Labute approximate surface area is 160 Å². The van der Waals surface area contributed by atoms with Crippen LogP contribution in [-0.2, 0) is 6.54 Å². The summed E-state index contributed by atoms with van der Waals surface area (Å²) in [7, 11) is 0. The minimum absolute atomic E-state index is 0.135. The molecule has 0 saturated heterocycles. The lowest BCUT2D eigenvalue weighted by Crippen LogP contribution is -2.46. The first-order valence-electron chi connectivity index (χ1n) is 9.53. The number of hydrogen-bond donors (Lipinski definition) is 2. The topological polar surface area (TPSA) is 82.8 Å². The van der Waals surface area contributed by atoms with E-state index in [2.05, 4.69) is 0 Å². The van der Waals surface area contributed by atoms with E-state index >= 15 is 0 Å². The molecule has 0 fully saturated rings. The molecule has 27 heavy (non-hydrogen) atoms. The van der Waals surface area contributed by atoms with Crippen LogP contribution in [0.5, 0.6) is 11.5 Å². The number of carbonyl (C=O) groups is 1. The fraction of sp³-hybridized carbons (Fsp3) is 0.429. The van der Waals surface area contributed by atoms with E-state index in [1.807, 2.05) is 65.0 Å². The Kier molecular flexibility index (Phi) is 8.59. The smallest absolute Gasteiger partial charge is 0.274 e. The summed E-state index contributed by atoms with van der Waals surface area (Å²) in [5, 5.41) is 19.8. The number of amides is 1. The molecule has 0 spiro atoms. The second kappa shape index (κ2) is 10.4. The minimum atomic E-state index is -0.564. The molecule has 2 aromatic rings. The molecule has 0 radical (unpaired) electrons. The monoisotopic (exact) mass is 374 g/mol. The van der Waals surface area contributed by atoms with Gasteiger partial charge in [0.2, 0.25) is 0 Å². The molecule has 1 amide bonds. The maximum absolute atomic E-state index is 12.7. The number of benzene rings is 1. The van der Waals surface area contributed by atoms with Crippen LogP contribution in [0, 0.1) is 0 Å². The summed E-state index contributed by atoms with van der Waals surface area (Å²) in [5.41, 5.74) is 0.352. The van der Waals surface area contributed by atoms with E-state index in [-0.39, 0.29) is 11.7 Å². The molecule has 2 heterocycles. The van der Waals surface area contributed by atoms with Crippen molar-refractivity contribution in [2.45, 2.75) is 53.6 Å². The highest BCUT2D eigenvalue weighted by Gasteiger charge is 2.34. The van der Waals surface area contributed by atoms with Gasteiger partial charge in [0.05, 0.1) is 6.04 Å². The third-order valence-electron chi connectivity index (χ3n) is 4.18. The zero-order valence-corrected chi connectivity index (χ0v) is 16.8. The summed E-state index contributed by atoms with van der Waals surface area (Å²) in [6.45, 7) is 10.7. The standard InChI is InChI=1S/C17H18N2O4.2C2H6/c1-2-12-10-18(9-11-6-4-3-5-7-11)17(23)15-16(22)13(20)8-14(21)19(12)15;2*1-2/h3-8,12,20,22H,2,9-10H2,1H3;2*1-2H3. The van der Waals surface area contributed by atoms with Gasteiger partial charge in [-0.3, -0.25) is 14.2 Å². The quantitative estimate of drug-likeness (QED) is 0.853. The third kappa shape index (κ3) is 4.70. The van der Waals surface area contributed by atoms with Gasteiger partial charge in [-0.2, -0.15) is 0 Å². The fourth-order valence-electron chi connectivity index (χ4n) is 2.99. The molecule has 3 rings (SSSR count). The van der Waals surface area contributed by atoms with E-state index < -0.39 is 23.0 Å². The van der Waals surface area contributed by atoms with Gasteiger partial charge in [0.1, 0.15) is 0 Å². The lowest BCUT2D eigenvalue weighted by molar-refractivity contribution is 0.0637. The maximum Gasteiger partial charge on any atom is 0.274 e. The van der Waals surface area contributed by atoms with Gasteiger partial charge < -0.3 is 15.1 Å². The number of aromatic hydroxyl groups is 2. The van der Waals surface area contributed by atoms with Crippen molar-refractivity contribution >= 4 is 5.91 Å². The maximum atomic E-state index is 12.7. The van der Waals surface area contributed by atoms with Gasteiger partial charge in [0.25, 0.3) is 11.5 Å². The van der Waals surface area contributed by atoms with Crippen LogP contribution >= 0.6 is 0 Å². The molecule has 1 aromatic heterocycles. The van der Waals surface area contributed by atoms with Crippen LogP contribution in [0.1, 0.15) is 63.1 Å². The summed E-state index contributed by atoms with van der Waals surface area (Å²) in [5.74, 6) is -1.55. The number of aromatic nitrogens is 1. The molecule has 1 atom stereocenters. The Hall–Kier alpha value is -2.76. The van der Waals surface area contributed by atoms with E-state index in [9.17, 15) is 19.8 Å². The van der Waals surface area contributed by atoms with Crippen molar-refractivity contribution in [3.05, 3.63) is 58.0 Å². The zero-order valence-electron chi connectivity index (χ0n) is 16.8. The van der Waals surface area contributed by atoms with Crippen molar-refractivity contribution < 1.29 is 15.0 Å². The van der Waals surface area contributed by atoms with Gasteiger partial charge >= 0.3 is 0 Å². The van der Waals surface area contributed by atoms with Gasteiger partial charge in [0.15, 0.2) is 17.2 Å². The van der Waals surface area contributed by atoms with Crippen molar-refractivity contribution in [2.75, 3.05) is 6.54 Å². The number of pyridine rings is 1. The molecule has 0 bridgehead atoms. The molecule has 1 aromatic carbocycles. The van der Waals surface area contributed by atoms with Crippen LogP contribution < -0.4 is 5.56 Å². The van der Waals surface area contributed by atoms with Gasteiger partial charge in [-0.05, 0) is 12.0 Å². The average Bonchev–Trinajstić information content (AvgIpc) is 2.71. The highest BCUT2D eigenvalue weighted by Crippen LogP contribution is 2.33. The number of fused-ring (bicyclic) bond motifs is 1. The van der Waals surface area contributed by atoms with E-state index in [1.54, 1.807) is 4.90 Å². The van der Waals surface area contributed by atoms with E-state index in [0.717, 1.165) is 11.6 Å². The van der Waals surface area contributed by atoms with Gasteiger partial charge in [0, 0.05) is 19.2 Å². The lowest BCUT2D eigenvalue weighted by atomic mass is 10.1. The molecular weight excluding hydrogens is 344 g/mol. The number of nitrogens with zero attached hydrogens (tertiary/aromatic N) is 2. The lowest BCUT2D eigenvalue weighted by Gasteiger charge is -2.35.